The number of aryl methyl sites for hydroxylation is 1. The van der Waals surface area contributed by atoms with Crippen LogP contribution in [0.15, 0.2) is 24.3 Å². The zero-order valence-corrected chi connectivity index (χ0v) is 7.36. The molecule has 0 aliphatic heterocycles. The summed E-state index contributed by atoms with van der Waals surface area (Å²) < 4.78 is 0. The highest BCUT2D eigenvalue weighted by Gasteiger charge is 1.98. The van der Waals surface area contributed by atoms with Gasteiger partial charge in [0, 0.05) is 13.0 Å². The fourth-order valence-corrected chi connectivity index (χ4v) is 1.09. The SMILES string of the molecule is NCc1ccc(CCC(=O)O)cc1. The highest BCUT2D eigenvalue weighted by Crippen LogP contribution is 2.05. The van der Waals surface area contributed by atoms with Crippen molar-refractivity contribution in [2.24, 2.45) is 5.73 Å². The number of carboxylic acids is 1. The summed E-state index contributed by atoms with van der Waals surface area (Å²) in [5.41, 5.74) is 7.54. The Labute approximate surface area is 77.2 Å². The van der Waals surface area contributed by atoms with Gasteiger partial charge in [-0.1, -0.05) is 24.3 Å². The molecule has 0 heterocycles. The van der Waals surface area contributed by atoms with Crippen LogP contribution in [0, 0.1) is 0 Å². The van der Waals surface area contributed by atoms with Crippen LogP contribution in [-0.4, -0.2) is 11.1 Å². The number of nitrogens with two attached hydrogens (primary N) is 1. The number of hydrogen-bond donors (Lipinski definition) is 2. The van der Waals surface area contributed by atoms with Crippen molar-refractivity contribution in [1.82, 2.24) is 0 Å². The van der Waals surface area contributed by atoms with Crippen molar-refractivity contribution >= 4 is 5.97 Å². The van der Waals surface area contributed by atoms with E-state index in [4.69, 9.17) is 10.8 Å². The van der Waals surface area contributed by atoms with Gasteiger partial charge in [-0.15, -0.1) is 0 Å². The van der Waals surface area contributed by atoms with Crippen molar-refractivity contribution in [1.29, 1.82) is 0 Å². The van der Waals surface area contributed by atoms with Gasteiger partial charge in [-0.05, 0) is 17.5 Å². The summed E-state index contributed by atoms with van der Waals surface area (Å²) in [5, 5.41) is 8.46. The average molecular weight is 179 g/mol. The summed E-state index contributed by atoms with van der Waals surface area (Å²) in [5.74, 6) is -0.761. The number of carboxylic acid groups (broad SMARTS) is 1. The number of rotatable bonds is 4. The summed E-state index contributed by atoms with van der Waals surface area (Å²) in [6, 6.07) is 7.70. The fourth-order valence-electron chi connectivity index (χ4n) is 1.09. The van der Waals surface area contributed by atoms with E-state index in [0.29, 0.717) is 13.0 Å². The first kappa shape index (κ1) is 9.74. The van der Waals surface area contributed by atoms with E-state index >= 15 is 0 Å². The Hall–Kier alpha value is -1.35. The molecule has 13 heavy (non-hydrogen) atoms. The van der Waals surface area contributed by atoms with Crippen LogP contribution in [0.3, 0.4) is 0 Å². The van der Waals surface area contributed by atoms with E-state index in [-0.39, 0.29) is 6.42 Å². The lowest BCUT2D eigenvalue weighted by Gasteiger charge is -2.00. The molecule has 0 saturated heterocycles. The molecule has 1 aromatic rings. The van der Waals surface area contributed by atoms with Gasteiger partial charge in [-0.3, -0.25) is 4.79 Å². The first-order valence-corrected chi connectivity index (χ1v) is 4.22. The minimum atomic E-state index is -0.761. The van der Waals surface area contributed by atoms with E-state index in [1.54, 1.807) is 0 Å². The molecule has 1 rings (SSSR count). The Morgan fingerprint density at radius 3 is 2.23 bits per heavy atom. The largest absolute Gasteiger partial charge is 0.481 e. The quantitative estimate of drug-likeness (QED) is 0.729. The first-order chi connectivity index (χ1) is 6.22. The van der Waals surface area contributed by atoms with E-state index in [1.807, 2.05) is 24.3 Å². The van der Waals surface area contributed by atoms with E-state index in [2.05, 4.69) is 0 Å². The summed E-state index contributed by atoms with van der Waals surface area (Å²) in [6.45, 7) is 0.527. The Kier molecular flexibility index (Phi) is 3.46. The van der Waals surface area contributed by atoms with Crippen LogP contribution in [0.5, 0.6) is 0 Å². The summed E-state index contributed by atoms with van der Waals surface area (Å²) in [4.78, 5) is 10.3. The third-order valence-corrected chi connectivity index (χ3v) is 1.89. The second-order valence-corrected chi connectivity index (χ2v) is 2.91. The maximum absolute atomic E-state index is 10.3. The van der Waals surface area contributed by atoms with E-state index in [9.17, 15) is 4.79 Å². The van der Waals surface area contributed by atoms with Crippen LogP contribution in [0.2, 0.25) is 0 Å². The fraction of sp³-hybridized carbons (Fsp3) is 0.300. The molecule has 0 fully saturated rings. The number of benzene rings is 1. The minimum absolute atomic E-state index is 0.183. The predicted molar refractivity (Wildman–Crippen MR) is 50.3 cm³/mol. The van der Waals surface area contributed by atoms with Crippen molar-refractivity contribution in [2.75, 3.05) is 0 Å². The zero-order chi connectivity index (χ0) is 9.68. The van der Waals surface area contributed by atoms with Crippen LogP contribution in [0.4, 0.5) is 0 Å². The van der Waals surface area contributed by atoms with Crippen molar-refractivity contribution in [3.63, 3.8) is 0 Å². The van der Waals surface area contributed by atoms with Gasteiger partial charge in [-0.25, -0.2) is 0 Å². The third kappa shape index (κ3) is 3.25. The minimum Gasteiger partial charge on any atom is -0.481 e. The molecule has 0 aromatic heterocycles. The van der Waals surface area contributed by atoms with E-state index < -0.39 is 5.97 Å². The van der Waals surface area contributed by atoms with Crippen LogP contribution in [0.25, 0.3) is 0 Å². The molecule has 3 nitrogen and oxygen atoms in total. The lowest BCUT2D eigenvalue weighted by molar-refractivity contribution is -0.136. The Morgan fingerprint density at radius 1 is 1.23 bits per heavy atom. The van der Waals surface area contributed by atoms with Gasteiger partial charge < -0.3 is 10.8 Å². The Morgan fingerprint density at radius 2 is 1.77 bits per heavy atom. The molecule has 1 aromatic carbocycles. The van der Waals surface area contributed by atoms with Crippen LogP contribution >= 0.6 is 0 Å². The Balaban J connectivity index is 2.54. The lowest BCUT2D eigenvalue weighted by Crippen LogP contribution is -1.99. The first-order valence-electron chi connectivity index (χ1n) is 4.22. The molecule has 0 bridgehead atoms. The molecule has 70 valence electrons. The topological polar surface area (TPSA) is 63.3 Å². The number of carbonyl (C=O) groups is 1. The van der Waals surface area contributed by atoms with E-state index in [1.165, 1.54) is 0 Å². The number of aliphatic carboxylic acids is 1. The standard InChI is InChI=1S/C10H13NO2/c11-7-9-3-1-8(2-4-9)5-6-10(12)13/h1-4H,5-7,11H2,(H,12,13). The molecule has 0 atom stereocenters. The predicted octanol–water partition coefficient (Wildman–Crippen LogP) is 1.16. The maximum atomic E-state index is 10.3. The van der Waals surface area contributed by atoms with Gasteiger partial charge in [0.1, 0.15) is 0 Å². The molecule has 0 spiro atoms. The van der Waals surface area contributed by atoms with Crippen molar-refractivity contribution in [3.8, 4) is 0 Å². The van der Waals surface area contributed by atoms with Gasteiger partial charge in [0.2, 0.25) is 0 Å². The third-order valence-electron chi connectivity index (χ3n) is 1.89. The zero-order valence-electron chi connectivity index (χ0n) is 7.36. The smallest absolute Gasteiger partial charge is 0.303 e. The van der Waals surface area contributed by atoms with Gasteiger partial charge in [0.15, 0.2) is 0 Å². The summed E-state index contributed by atoms with van der Waals surface area (Å²) in [7, 11) is 0. The van der Waals surface area contributed by atoms with Gasteiger partial charge in [-0.2, -0.15) is 0 Å². The Bertz CT molecular complexity index is 279. The molecule has 0 amide bonds. The van der Waals surface area contributed by atoms with Crippen molar-refractivity contribution in [3.05, 3.63) is 35.4 Å². The van der Waals surface area contributed by atoms with E-state index in [0.717, 1.165) is 11.1 Å². The highest BCUT2D eigenvalue weighted by atomic mass is 16.4. The molecule has 0 saturated carbocycles. The average Bonchev–Trinajstić information content (AvgIpc) is 2.15. The van der Waals surface area contributed by atoms with Gasteiger partial charge in [0.05, 0.1) is 0 Å². The van der Waals surface area contributed by atoms with Crippen LogP contribution in [-0.2, 0) is 17.8 Å². The molecule has 0 aliphatic carbocycles. The summed E-state index contributed by atoms with van der Waals surface area (Å²) >= 11 is 0. The maximum Gasteiger partial charge on any atom is 0.303 e. The van der Waals surface area contributed by atoms with Crippen LogP contribution in [0.1, 0.15) is 17.5 Å². The highest BCUT2D eigenvalue weighted by molar-refractivity contribution is 5.67. The lowest BCUT2D eigenvalue weighted by atomic mass is 10.1. The molecular weight excluding hydrogens is 166 g/mol. The molecule has 3 heteroatoms. The normalized spacial score (nSPS) is 9.92. The molecule has 0 radical (unpaired) electrons. The number of hydrogen-bond acceptors (Lipinski definition) is 2. The van der Waals surface area contributed by atoms with Gasteiger partial charge >= 0.3 is 5.97 Å². The second-order valence-electron chi connectivity index (χ2n) is 2.91. The second kappa shape index (κ2) is 4.62. The van der Waals surface area contributed by atoms with Crippen LogP contribution < -0.4 is 5.73 Å². The summed E-state index contributed by atoms with van der Waals surface area (Å²) in [6.07, 6.45) is 0.766. The molecule has 0 aliphatic rings. The molecule has 3 N–H and O–H groups in total. The molecular formula is C10H13NO2. The molecule has 0 unspecified atom stereocenters. The van der Waals surface area contributed by atoms with Gasteiger partial charge in [0.25, 0.3) is 0 Å². The van der Waals surface area contributed by atoms with Crippen molar-refractivity contribution in [2.45, 2.75) is 19.4 Å². The van der Waals surface area contributed by atoms with Crippen molar-refractivity contribution < 1.29 is 9.90 Å². The monoisotopic (exact) mass is 179 g/mol.